The highest BCUT2D eigenvalue weighted by molar-refractivity contribution is 5.96. The van der Waals surface area contributed by atoms with Crippen LogP contribution in [-0.4, -0.2) is 25.2 Å². The van der Waals surface area contributed by atoms with Gasteiger partial charge in [-0.2, -0.15) is 0 Å². The summed E-state index contributed by atoms with van der Waals surface area (Å²) in [5.74, 6) is 0.0901. The molecule has 1 amide bonds. The van der Waals surface area contributed by atoms with Gasteiger partial charge in [0.25, 0.3) is 0 Å². The van der Waals surface area contributed by atoms with Crippen LogP contribution in [0.2, 0.25) is 0 Å². The van der Waals surface area contributed by atoms with E-state index in [9.17, 15) is 4.79 Å². The number of anilines is 2. The lowest BCUT2D eigenvalue weighted by molar-refractivity contribution is -0.122. The molecule has 4 nitrogen and oxygen atoms in total. The summed E-state index contributed by atoms with van der Waals surface area (Å²) in [5, 5.41) is 0. The molecule has 104 valence electrons. The number of amides is 1. The van der Waals surface area contributed by atoms with Crippen LogP contribution < -0.4 is 10.6 Å². The van der Waals surface area contributed by atoms with Crippen molar-refractivity contribution in [2.24, 2.45) is 0 Å². The molecule has 0 spiro atoms. The minimum absolute atomic E-state index is 0.0697. The third-order valence-electron chi connectivity index (χ3n) is 3.52. The highest BCUT2D eigenvalue weighted by Gasteiger charge is 2.22. The Bertz CT molecular complexity index is 428. The number of hydrogen-bond acceptors (Lipinski definition) is 3. The topological polar surface area (TPSA) is 55.6 Å². The normalized spacial score (nSPS) is 19.1. The number of nitrogen functional groups attached to an aromatic ring is 1. The number of hydrogen-bond donors (Lipinski definition) is 1. The molecule has 2 rings (SSSR count). The molecule has 1 fully saturated rings. The quantitative estimate of drug-likeness (QED) is 0.848. The highest BCUT2D eigenvalue weighted by atomic mass is 16.5. The van der Waals surface area contributed by atoms with Gasteiger partial charge in [-0.25, -0.2) is 0 Å². The predicted octanol–water partition coefficient (Wildman–Crippen LogP) is 2.58. The van der Waals surface area contributed by atoms with E-state index in [0.29, 0.717) is 18.7 Å². The Balaban J connectivity index is 2.04. The average molecular weight is 262 g/mol. The maximum atomic E-state index is 12.4. The van der Waals surface area contributed by atoms with Crippen molar-refractivity contribution >= 4 is 17.3 Å². The number of rotatable bonds is 4. The Morgan fingerprint density at radius 3 is 2.84 bits per heavy atom. The van der Waals surface area contributed by atoms with Crippen molar-refractivity contribution in [3.63, 3.8) is 0 Å². The minimum Gasteiger partial charge on any atom is -0.397 e. The van der Waals surface area contributed by atoms with Crippen molar-refractivity contribution in [1.82, 2.24) is 0 Å². The summed E-state index contributed by atoms with van der Waals surface area (Å²) in [4.78, 5) is 14.1. The molecule has 4 heteroatoms. The van der Waals surface area contributed by atoms with Crippen molar-refractivity contribution in [2.75, 3.05) is 23.8 Å². The zero-order valence-corrected chi connectivity index (χ0v) is 11.5. The zero-order valence-electron chi connectivity index (χ0n) is 11.5. The lowest BCUT2D eigenvalue weighted by Crippen LogP contribution is -2.35. The molecule has 1 aliphatic heterocycles. The van der Waals surface area contributed by atoms with Gasteiger partial charge in [-0.1, -0.05) is 12.1 Å². The number of nitrogens with two attached hydrogens (primary N) is 1. The van der Waals surface area contributed by atoms with E-state index in [-0.39, 0.29) is 12.0 Å². The molecule has 19 heavy (non-hydrogen) atoms. The van der Waals surface area contributed by atoms with Crippen LogP contribution in [0, 0.1) is 0 Å². The second-order valence-corrected chi connectivity index (χ2v) is 4.89. The summed E-state index contributed by atoms with van der Waals surface area (Å²) in [6.07, 6.45) is 3.75. The van der Waals surface area contributed by atoms with Gasteiger partial charge in [-0.3, -0.25) is 4.79 Å². The van der Waals surface area contributed by atoms with E-state index < -0.39 is 0 Å². The fourth-order valence-corrected chi connectivity index (χ4v) is 2.49. The fraction of sp³-hybridized carbons (Fsp3) is 0.533. The first-order valence-electron chi connectivity index (χ1n) is 6.99. The highest BCUT2D eigenvalue weighted by Crippen LogP contribution is 2.24. The van der Waals surface area contributed by atoms with Gasteiger partial charge >= 0.3 is 0 Å². The summed E-state index contributed by atoms with van der Waals surface area (Å²) in [6.45, 7) is 3.36. The molecule has 0 saturated carbocycles. The second kappa shape index (κ2) is 6.57. The molecular weight excluding hydrogens is 240 g/mol. The predicted molar refractivity (Wildman–Crippen MR) is 77.1 cm³/mol. The fourth-order valence-electron chi connectivity index (χ4n) is 2.49. The van der Waals surface area contributed by atoms with Crippen molar-refractivity contribution in [3.05, 3.63) is 24.3 Å². The second-order valence-electron chi connectivity index (χ2n) is 4.89. The largest absolute Gasteiger partial charge is 0.397 e. The number of ether oxygens (including phenoxy) is 1. The molecule has 0 aliphatic carbocycles. The zero-order chi connectivity index (χ0) is 13.7. The van der Waals surface area contributed by atoms with E-state index >= 15 is 0 Å². The summed E-state index contributed by atoms with van der Waals surface area (Å²) < 4.78 is 5.63. The van der Waals surface area contributed by atoms with E-state index in [1.807, 2.05) is 31.2 Å². The SMILES string of the molecule is CCN(C(=O)CC1CCCCO1)c1ccccc1N. The Morgan fingerprint density at radius 2 is 2.21 bits per heavy atom. The first kappa shape index (κ1) is 13.9. The summed E-state index contributed by atoms with van der Waals surface area (Å²) in [5.41, 5.74) is 7.38. The van der Waals surface area contributed by atoms with Gasteiger partial charge in [0.15, 0.2) is 0 Å². The standard InChI is InChI=1S/C15H22N2O2/c1-2-17(14-9-4-3-8-13(14)16)15(18)11-12-7-5-6-10-19-12/h3-4,8-9,12H,2,5-7,10-11,16H2,1H3. The Hall–Kier alpha value is -1.55. The van der Waals surface area contributed by atoms with E-state index in [1.165, 1.54) is 0 Å². The van der Waals surface area contributed by atoms with E-state index in [2.05, 4.69) is 0 Å². The van der Waals surface area contributed by atoms with Gasteiger partial charge in [0.2, 0.25) is 5.91 Å². The lowest BCUT2D eigenvalue weighted by atomic mass is 10.1. The summed E-state index contributed by atoms with van der Waals surface area (Å²) in [6, 6.07) is 7.49. The Labute approximate surface area is 114 Å². The van der Waals surface area contributed by atoms with E-state index in [0.717, 1.165) is 31.6 Å². The number of carbonyl (C=O) groups is 1. The van der Waals surface area contributed by atoms with Crippen molar-refractivity contribution < 1.29 is 9.53 Å². The van der Waals surface area contributed by atoms with Crippen LogP contribution in [-0.2, 0) is 9.53 Å². The molecule has 0 bridgehead atoms. The average Bonchev–Trinajstić information content (AvgIpc) is 2.43. The molecule has 2 N–H and O–H groups in total. The van der Waals surface area contributed by atoms with Crippen LogP contribution in [0.5, 0.6) is 0 Å². The number of benzene rings is 1. The van der Waals surface area contributed by atoms with Crippen LogP contribution in [0.3, 0.4) is 0 Å². The van der Waals surface area contributed by atoms with E-state index in [4.69, 9.17) is 10.5 Å². The van der Waals surface area contributed by atoms with Gasteiger partial charge < -0.3 is 15.4 Å². The maximum Gasteiger partial charge on any atom is 0.229 e. The third-order valence-corrected chi connectivity index (χ3v) is 3.52. The van der Waals surface area contributed by atoms with Crippen molar-refractivity contribution in [1.29, 1.82) is 0 Å². The van der Waals surface area contributed by atoms with Gasteiger partial charge in [0, 0.05) is 13.2 Å². The lowest BCUT2D eigenvalue weighted by Gasteiger charge is -2.27. The van der Waals surface area contributed by atoms with Gasteiger partial charge in [-0.05, 0) is 38.3 Å². The van der Waals surface area contributed by atoms with Crippen molar-refractivity contribution in [2.45, 2.75) is 38.7 Å². The number of para-hydroxylation sites is 2. The molecule has 1 atom stereocenters. The molecule has 1 aromatic carbocycles. The molecule has 1 unspecified atom stereocenters. The Kier molecular flexibility index (Phi) is 4.80. The molecule has 1 aromatic rings. The molecular formula is C15H22N2O2. The monoisotopic (exact) mass is 262 g/mol. The maximum absolute atomic E-state index is 12.4. The summed E-state index contributed by atoms with van der Waals surface area (Å²) in [7, 11) is 0. The minimum atomic E-state index is 0.0697. The van der Waals surface area contributed by atoms with Crippen LogP contribution in [0.1, 0.15) is 32.6 Å². The smallest absolute Gasteiger partial charge is 0.229 e. The van der Waals surface area contributed by atoms with Crippen LogP contribution in [0.4, 0.5) is 11.4 Å². The van der Waals surface area contributed by atoms with E-state index in [1.54, 1.807) is 4.90 Å². The third kappa shape index (κ3) is 3.47. The van der Waals surface area contributed by atoms with Gasteiger partial charge in [-0.15, -0.1) is 0 Å². The number of nitrogens with zero attached hydrogens (tertiary/aromatic N) is 1. The van der Waals surface area contributed by atoms with Gasteiger partial charge in [0.1, 0.15) is 0 Å². The summed E-state index contributed by atoms with van der Waals surface area (Å²) >= 11 is 0. The van der Waals surface area contributed by atoms with Crippen LogP contribution in [0.15, 0.2) is 24.3 Å². The first-order chi connectivity index (χ1) is 9.22. The van der Waals surface area contributed by atoms with Gasteiger partial charge in [0.05, 0.1) is 23.9 Å². The van der Waals surface area contributed by atoms with Crippen LogP contribution in [0.25, 0.3) is 0 Å². The molecule has 0 radical (unpaired) electrons. The Morgan fingerprint density at radius 1 is 1.42 bits per heavy atom. The molecule has 1 aliphatic rings. The molecule has 0 aromatic heterocycles. The first-order valence-corrected chi connectivity index (χ1v) is 6.99. The van der Waals surface area contributed by atoms with Crippen molar-refractivity contribution in [3.8, 4) is 0 Å². The molecule has 1 saturated heterocycles. The van der Waals surface area contributed by atoms with Crippen LogP contribution >= 0.6 is 0 Å². The molecule has 1 heterocycles. The number of carbonyl (C=O) groups excluding carboxylic acids is 1.